The Morgan fingerprint density at radius 1 is 1.00 bits per heavy atom. The first kappa shape index (κ1) is 19.3. The Hall–Kier alpha value is -3.49. The molecule has 1 aromatic rings. The number of nitrogens with one attached hydrogen (secondary N) is 2. The van der Waals surface area contributed by atoms with Gasteiger partial charge in [-0.3, -0.25) is 29.4 Å². The summed E-state index contributed by atoms with van der Waals surface area (Å²) in [7, 11) is 0. The van der Waals surface area contributed by atoms with Crippen molar-refractivity contribution in [1.29, 1.82) is 0 Å². The van der Waals surface area contributed by atoms with Crippen LogP contribution >= 0.6 is 0 Å². The number of amides is 5. The largest absolute Gasteiger partial charge is 0.454 e. The molecule has 28 heavy (non-hydrogen) atoms. The second-order valence-electron chi connectivity index (χ2n) is 6.45. The molecule has 2 aliphatic rings. The van der Waals surface area contributed by atoms with Crippen LogP contribution in [-0.2, 0) is 23.9 Å². The summed E-state index contributed by atoms with van der Waals surface area (Å²) in [4.78, 5) is 60.7. The summed E-state index contributed by atoms with van der Waals surface area (Å²) in [5.74, 6) is -3.40. The van der Waals surface area contributed by atoms with E-state index in [0.717, 1.165) is 4.90 Å². The highest BCUT2D eigenvalue weighted by Crippen LogP contribution is 2.34. The molecule has 1 aliphatic heterocycles. The molecule has 1 fully saturated rings. The molecular formula is C19H19N3O6. The van der Waals surface area contributed by atoms with Crippen molar-refractivity contribution in [2.75, 3.05) is 18.5 Å². The van der Waals surface area contributed by atoms with Gasteiger partial charge in [-0.25, -0.2) is 4.79 Å². The van der Waals surface area contributed by atoms with Crippen LogP contribution in [0.25, 0.3) is 0 Å². The Kier molecular flexibility index (Phi) is 5.83. The Morgan fingerprint density at radius 3 is 2.21 bits per heavy atom. The number of rotatable bonds is 5. The van der Waals surface area contributed by atoms with Crippen molar-refractivity contribution in [2.45, 2.75) is 12.8 Å². The van der Waals surface area contributed by atoms with Crippen LogP contribution in [0.1, 0.15) is 12.8 Å². The fourth-order valence-corrected chi connectivity index (χ4v) is 3.19. The number of urea groups is 1. The molecule has 1 saturated heterocycles. The van der Waals surface area contributed by atoms with Crippen LogP contribution in [0.4, 0.5) is 10.5 Å². The van der Waals surface area contributed by atoms with Gasteiger partial charge in [0, 0.05) is 5.69 Å². The summed E-state index contributed by atoms with van der Waals surface area (Å²) < 4.78 is 4.77. The molecule has 2 N–H and O–H groups in total. The van der Waals surface area contributed by atoms with Crippen LogP contribution in [0.15, 0.2) is 42.5 Å². The Balaban J connectivity index is 1.43. The van der Waals surface area contributed by atoms with E-state index < -0.39 is 54.7 Å². The van der Waals surface area contributed by atoms with E-state index in [0.29, 0.717) is 18.5 Å². The molecular weight excluding hydrogens is 366 g/mol. The molecule has 0 radical (unpaired) electrons. The van der Waals surface area contributed by atoms with Crippen molar-refractivity contribution in [2.24, 2.45) is 11.8 Å². The van der Waals surface area contributed by atoms with Crippen molar-refractivity contribution in [3.05, 3.63) is 42.5 Å². The summed E-state index contributed by atoms with van der Waals surface area (Å²) >= 11 is 0. The number of nitrogens with zero attached hydrogens (tertiary/aromatic N) is 1. The molecule has 9 nitrogen and oxygen atoms in total. The van der Waals surface area contributed by atoms with Gasteiger partial charge in [0.05, 0.1) is 11.8 Å². The number of para-hydroxylation sites is 1. The monoisotopic (exact) mass is 385 g/mol. The third-order valence-corrected chi connectivity index (χ3v) is 4.53. The summed E-state index contributed by atoms with van der Waals surface area (Å²) in [5.41, 5.74) is 0.492. The number of imide groups is 2. The summed E-state index contributed by atoms with van der Waals surface area (Å²) in [6.45, 7) is -1.25. The highest BCUT2D eigenvalue weighted by atomic mass is 16.5. The smallest absolute Gasteiger partial charge is 0.326 e. The molecule has 5 amide bonds. The molecule has 0 aromatic heterocycles. The SMILES string of the molecule is O=C(COC(=O)CN1C(=O)[C@H]2CC=CC[C@@H]2C1=O)NC(=O)Nc1ccccc1. The lowest BCUT2D eigenvalue weighted by Gasteiger charge is -2.14. The number of allylic oxidation sites excluding steroid dienone is 2. The molecule has 2 atom stereocenters. The molecule has 1 heterocycles. The second kappa shape index (κ2) is 8.47. The lowest BCUT2D eigenvalue weighted by molar-refractivity contribution is -0.154. The van der Waals surface area contributed by atoms with E-state index >= 15 is 0 Å². The lowest BCUT2D eigenvalue weighted by atomic mass is 9.85. The predicted molar refractivity (Wildman–Crippen MR) is 96.6 cm³/mol. The number of hydrogen-bond donors (Lipinski definition) is 2. The molecule has 0 spiro atoms. The lowest BCUT2D eigenvalue weighted by Crippen LogP contribution is -2.40. The van der Waals surface area contributed by atoms with Crippen molar-refractivity contribution < 1.29 is 28.7 Å². The van der Waals surface area contributed by atoms with Crippen molar-refractivity contribution >= 4 is 35.4 Å². The van der Waals surface area contributed by atoms with E-state index in [1.54, 1.807) is 30.3 Å². The molecule has 0 unspecified atom stereocenters. The number of anilines is 1. The first-order valence-corrected chi connectivity index (χ1v) is 8.77. The maximum absolute atomic E-state index is 12.3. The second-order valence-corrected chi connectivity index (χ2v) is 6.45. The topological polar surface area (TPSA) is 122 Å². The van der Waals surface area contributed by atoms with E-state index in [2.05, 4.69) is 5.32 Å². The van der Waals surface area contributed by atoms with Gasteiger partial charge in [0.25, 0.3) is 5.91 Å². The zero-order valence-corrected chi connectivity index (χ0v) is 14.9. The Morgan fingerprint density at radius 2 is 1.61 bits per heavy atom. The fraction of sp³-hybridized carbons (Fsp3) is 0.316. The summed E-state index contributed by atoms with van der Waals surface area (Å²) in [5, 5.41) is 4.46. The molecule has 9 heteroatoms. The number of carbonyl (C=O) groups excluding carboxylic acids is 5. The zero-order chi connectivity index (χ0) is 20.1. The number of esters is 1. The van der Waals surface area contributed by atoms with Crippen LogP contribution in [0, 0.1) is 11.8 Å². The number of ether oxygens (including phenoxy) is 1. The van der Waals surface area contributed by atoms with Gasteiger partial charge in [0.2, 0.25) is 11.8 Å². The van der Waals surface area contributed by atoms with Gasteiger partial charge in [-0.05, 0) is 25.0 Å². The Labute approximate surface area is 160 Å². The van der Waals surface area contributed by atoms with Gasteiger partial charge in [-0.1, -0.05) is 30.4 Å². The number of likely N-dealkylation sites (tertiary alicyclic amines) is 1. The van der Waals surface area contributed by atoms with Gasteiger partial charge in [-0.15, -0.1) is 0 Å². The van der Waals surface area contributed by atoms with E-state index in [-0.39, 0.29) is 0 Å². The average Bonchev–Trinajstić information content (AvgIpc) is 2.92. The first-order chi connectivity index (χ1) is 13.5. The van der Waals surface area contributed by atoms with E-state index in [1.807, 2.05) is 17.5 Å². The number of fused-ring (bicyclic) bond motifs is 1. The highest BCUT2D eigenvalue weighted by molar-refractivity contribution is 6.07. The standard InChI is InChI=1S/C19H19N3O6/c23-15(21-19(27)20-12-6-2-1-3-7-12)11-28-16(24)10-22-17(25)13-8-4-5-9-14(13)18(22)26/h1-7,13-14H,8-11H2,(H2,20,21,23,27)/t13-,14-/m0/s1. The predicted octanol–water partition coefficient (Wildman–Crippen LogP) is 0.829. The average molecular weight is 385 g/mol. The maximum atomic E-state index is 12.3. The van der Waals surface area contributed by atoms with Crippen LogP contribution in [0.5, 0.6) is 0 Å². The normalized spacial score (nSPS) is 20.5. The third kappa shape index (κ3) is 4.43. The molecule has 1 aromatic carbocycles. The summed E-state index contributed by atoms with van der Waals surface area (Å²) in [6, 6.07) is 7.71. The minimum atomic E-state index is -0.896. The van der Waals surface area contributed by atoms with Gasteiger partial charge in [-0.2, -0.15) is 0 Å². The van der Waals surface area contributed by atoms with Crippen LogP contribution < -0.4 is 10.6 Å². The first-order valence-electron chi connectivity index (χ1n) is 8.77. The van der Waals surface area contributed by atoms with E-state index in [4.69, 9.17) is 4.74 Å². The quantitative estimate of drug-likeness (QED) is 0.440. The van der Waals surface area contributed by atoms with Gasteiger partial charge < -0.3 is 10.1 Å². The van der Waals surface area contributed by atoms with Gasteiger partial charge >= 0.3 is 12.0 Å². The molecule has 0 bridgehead atoms. The fourth-order valence-electron chi connectivity index (χ4n) is 3.19. The zero-order valence-electron chi connectivity index (χ0n) is 14.9. The minimum absolute atomic E-state index is 0.400. The molecule has 1 aliphatic carbocycles. The number of hydrogen-bond acceptors (Lipinski definition) is 6. The Bertz CT molecular complexity index is 809. The molecule has 0 saturated carbocycles. The van der Waals surface area contributed by atoms with Crippen molar-refractivity contribution in [1.82, 2.24) is 10.2 Å². The minimum Gasteiger partial charge on any atom is -0.454 e. The van der Waals surface area contributed by atoms with E-state index in [1.165, 1.54) is 0 Å². The van der Waals surface area contributed by atoms with Gasteiger partial charge in [0.15, 0.2) is 6.61 Å². The van der Waals surface area contributed by atoms with Crippen LogP contribution in [-0.4, -0.2) is 47.8 Å². The van der Waals surface area contributed by atoms with Crippen LogP contribution in [0.3, 0.4) is 0 Å². The number of benzene rings is 1. The number of carbonyl (C=O) groups is 5. The third-order valence-electron chi connectivity index (χ3n) is 4.53. The van der Waals surface area contributed by atoms with Crippen LogP contribution in [0.2, 0.25) is 0 Å². The van der Waals surface area contributed by atoms with Crippen molar-refractivity contribution in [3.8, 4) is 0 Å². The molecule has 3 rings (SSSR count). The summed E-state index contributed by atoms with van der Waals surface area (Å²) in [6.07, 6.45) is 4.64. The van der Waals surface area contributed by atoms with E-state index in [9.17, 15) is 24.0 Å². The van der Waals surface area contributed by atoms with Crippen molar-refractivity contribution in [3.63, 3.8) is 0 Å². The van der Waals surface area contributed by atoms with Gasteiger partial charge in [0.1, 0.15) is 6.54 Å². The molecule has 146 valence electrons. The highest BCUT2D eigenvalue weighted by Gasteiger charge is 2.47. The maximum Gasteiger partial charge on any atom is 0.326 e.